The first kappa shape index (κ1) is 14.8. The molecule has 106 valence electrons. The van der Waals surface area contributed by atoms with Crippen LogP contribution in [-0.4, -0.2) is 22.8 Å². The molecule has 0 spiro atoms. The van der Waals surface area contributed by atoms with Crippen LogP contribution in [0.5, 0.6) is 11.6 Å². The molecule has 0 saturated carbocycles. The molecule has 0 unspecified atom stereocenters. The number of nitrogens with zero attached hydrogens (tertiary/aromatic N) is 2. The van der Waals surface area contributed by atoms with Gasteiger partial charge in [-0.2, -0.15) is 0 Å². The van der Waals surface area contributed by atoms with E-state index in [1.807, 2.05) is 30.5 Å². The van der Waals surface area contributed by atoms with Gasteiger partial charge in [0.15, 0.2) is 0 Å². The molecule has 0 fully saturated rings. The molecule has 0 radical (unpaired) electrons. The summed E-state index contributed by atoms with van der Waals surface area (Å²) in [5.41, 5.74) is 0.886. The van der Waals surface area contributed by atoms with Gasteiger partial charge in [-0.1, -0.05) is 6.92 Å². The van der Waals surface area contributed by atoms with Crippen molar-refractivity contribution in [3.63, 3.8) is 0 Å². The largest absolute Gasteiger partial charge is 0.437 e. The highest BCUT2D eigenvalue weighted by molar-refractivity contribution is 7.98. The summed E-state index contributed by atoms with van der Waals surface area (Å²) in [5, 5.41) is 3.30. The van der Waals surface area contributed by atoms with E-state index in [2.05, 4.69) is 22.2 Å². The van der Waals surface area contributed by atoms with Crippen LogP contribution in [0.25, 0.3) is 0 Å². The van der Waals surface area contributed by atoms with Crippen LogP contribution in [-0.2, 0) is 6.54 Å². The third-order valence-corrected chi connectivity index (χ3v) is 3.42. The Morgan fingerprint density at radius 1 is 1.20 bits per heavy atom. The number of hydrogen-bond donors (Lipinski definition) is 1. The van der Waals surface area contributed by atoms with Gasteiger partial charge in [0.1, 0.15) is 5.75 Å². The molecule has 2 rings (SSSR count). The second kappa shape index (κ2) is 7.87. The number of hydrogen-bond acceptors (Lipinski definition) is 5. The summed E-state index contributed by atoms with van der Waals surface area (Å²) >= 11 is 1.71. The summed E-state index contributed by atoms with van der Waals surface area (Å²) in [4.78, 5) is 9.80. The highest BCUT2D eigenvalue weighted by atomic mass is 32.2. The van der Waals surface area contributed by atoms with E-state index in [4.69, 9.17) is 4.74 Å². The molecule has 20 heavy (non-hydrogen) atoms. The number of rotatable bonds is 7. The maximum atomic E-state index is 5.71. The third-order valence-electron chi connectivity index (χ3n) is 2.68. The third kappa shape index (κ3) is 4.51. The maximum absolute atomic E-state index is 5.71. The Hall–Kier alpha value is -1.59. The first-order chi connectivity index (χ1) is 9.81. The van der Waals surface area contributed by atoms with Crippen molar-refractivity contribution in [2.75, 3.05) is 12.8 Å². The number of thioether (sulfide) groups is 1. The quantitative estimate of drug-likeness (QED) is 0.624. The minimum atomic E-state index is 0.526. The summed E-state index contributed by atoms with van der Waals surface area (Å²) < 4.78 is 5.71. The van der Waals surface area contributed by atoms with Crippen molar-refractivity contribution in [3.05, 3.63) is 42.4 Å². The highest BCUT2D eigenvalue weighted by Gasteiger charge is 2.02. The molecule has 1 aromatic heterocycles. The fourth-order valence-electron chi connectivity index (χ4n) is 1.68. The van der Waals surface area contributed by atoms with Crippen LogP contribution in [0.3, 0.4) is 0 Å². The second-order valence-corrected chi connectivity index (χ2v) is 5.18. The summed E-state index contributed by atoms with van der Waals surface area (Å²) in [6.07, 6.45) is 6.54. The van der Waals surface area contributed by atoms with Crippen LogP contribution in [0.4, 0.5) is 0 Å². The van der Waals surface area contributed by atoms with Gasteiger partial charge in [0.05, 0.1) is 11.9 Å². The molecule has 2 aromatic rings. The van der Waals surface area contributed by atoms with Crippen LogP contribution < -0.4 is 10.1 Å². The normalized spacial score (nSPS) is 10.5. The lowest BCUT2D eigenvalue weighted by Gasteiger charge is -2.07. The molecule has 4 nitrogen and oxygen atoms in total. The van der Waals surface area contributed by atoms with E-state index >= 15 is 0 Å². The fraction of sp³-hybridized carbons (Fsp3) is 0.333. The van der Waals surface area contributed by atoms with Crippen LogP contribution in [0, 0.1) is 0 Å². The minimum absolute atomic E-state index is 0.526. The summed E-state index contributed by atoms with van der Waals surface area (Å²) in [7, 11) is 0. The Labute approximate surface area is 124 Å². The Kier molecular flexibility index (Phi) is 5.83. The van der Waals surface area contributed by atoms with Gasteiger partial charge in [-0.15, -0.1) is 11.8 Å². The van der Waals surface area contributed by atoms with E-state index in [9.17, 15) is 0 Å². The van der Waals surface area contributed by atoms with Gasteiger partial charge in [-0.25, -0.2) is 4.98 Å². The van der Waals surface area contributed by atoms with E-state index in [1.54, 1.807) is 24.2 Å². The van der Waals surface area contributed by atoms with Crippen LogP contribution in [0.1, 0.15) is 19.0 Å². The van der Waals surface area contributed by atoms with Gasteiger partial charge in [-0.05, 0) is 43.5 Å². The molecule has 0 aliphatic rings. The molecule has 0 atom stereocenters. The SMILES string of the molecule is CCCNCc1cncc(Oc2ccc(SC)cc2)n1. The van der Waals surface area contributed by atoms with E-state index in [0.717, 1.165) is 24.4 Å². The Balaban J connectivity index is 1.99. The topological polar surface area (TPSA) is 47.0 Å². The van der Waals surface area contributed by atoms with Crippen LogP contribution in [0.15, 0.2) is 41.6 Å². The predicted molar refractivity (Wildman–Crippen MR) is 82.3 cm³/mol. The van der Waals surface area contributed by atoms with E-state index in [-0.39, 0.29) is 0 Å². The molecule has 0 aliphatic heterocycles. The van der Waals surface area contributed by atoms with Crippen molar-refractivity contribution >= 4 is 11.8 Å². The van der Waals surface area contributed by atoms with Crippen LogP contribution >= 0.6 is 11.8 Å². The van der Waals surface area contributed by atoms with Gasteiger partial charge < -0.3 is 10.1 Å². The van der Waals surface area contributed by atoms with E-state index in [1.165, 1.54) is 4.90 Å². The Morgan fingerprint density at radius 2 is 2.00 bits per heavy atom. The average Bonchev–Trinajstić information content (AvgIpc) is 2.49. The van der Waals surface area contributed by atoms with Gasteiger partial charge in [0.25, 0.3) is 0 Å². The second-order valence-electron chi connectivity index (χ2n) is 4.30. The number of nitrogens with one attached hydrogen (secondary N) is 1. The number of ether oxygens (including phenoxy) is 1. The maximum Gasteiger partial charge on any atom is 0.238 e. The molecule has 5 heteroatoms. The summed E-state index contributed by atoms with van der Waals surface area (Å²) in [6, 6.07) is 7.94. The zero-order valence-corrected chi connectivity index (χ0v) is 12.6. The van der Waals surface area contributed by atoms with Crippen LogP contribution in [0.2, 0.25) is 0 Å². The van der Waals surface area contributed by atoms with Gasteiger partial charge >= 0.3 is 0 Å². The van der Waals surface area contributed by atoms with Crippen molar-refractivity contribution < 1.29 is 4.74 Å². The first-order valence-corrected chi connectivity index (χ1v) is 7.88. The molecule has 0 saturated heterocycles. The fourth-order valence-corrected chi connectivity index (χ4v) is 2.09. The van der Waals surface area contributed by atoms with Gasteiger partial charge in [0, 0.05) is 17.6 Å². The van der Waals surface area contributed by atoms with Gasteiger partial charge in [0.2, 0.25) is 5.88 Å². The van der Waals surface area contributed by atoms with Crippen molar-refractivity contribution in [2.24, 2.45) is 0 Å². The average molecular weight is 289 g/mol. The standard InChI is InChI=1S/C15H19N3OS/c1-3-8-16-9-12-10-17-11-15(18-12)19-13-4-6-14(20-2)7-5-13/h4-7,10-11,16H,3,8-9H2,1-2H3. The summed E-state index contributed by atoms with van der Waals surface area (Å²) in [6.45, 7) is 3.82. The molecular weight excluding hydrogens is 270 g/mol. The molecule has 1 N–H and O–H groups in total. The van der Waals surface area contributed by atoms with E-state index < -0.39 is 0 Å². The zero-order chi connectivity index (χ0) is 14.2. The van der Waals surface area contributed by atoms with Crippen molar-refractivity contribution in [1.82, 2.24) is 15.3 Å². The molecule has 0 amide bonds. The summed E-state index contributed by atoms with van der Waals surface area (Å²) in [5.74, 6) is 1.30. The molecule has 0 aliphatic carbocycles. The van der Waals surface area contributed by atoms with Crippen molar-refractivity contribution in [2.45, 2.75) is 24.8 Å². The monoisotopic (exact) mass is 289 g/mol. The highest BCUT2D eigenvalue weighted by Crippen LogP contribution is 2.22. The van der Waals surface area contributed by atoms with E-state index in [0.29, 0.717) is 12.4 Å². The Morgan fingerprint density at radius 3 is 2.70 bits per heavy atom. The number of aromatic nitrogens is 2. The molecule has 1 aromatic carbocycles. The van der Waals surface area contributed by atoms with Crippen molar-refractivity contribution in [1.29, 1.82) is 0 Å². The number of benzene rings is 1. The first-order valence-electron chi connectivity index (χ1n) is 6.65. The lowest BCUT2D eigenvalue weighted by atomic mass is 10.3. The van der Waals surface area contributed by atoms with Gasteiger partial charge in [-0.3, -0.25) is 4.98 Å². The molecule has 0 bridgehead atoms. The lowest BCUT2D eigenvalue weighted by molar-refractivity contribution is 0.456. The Bertz CT molecular complexity index is 531. The zero-order valence-electron chi connectivity index (χ0n) is 11.8. The smallest absolute Gasteiger partial charge is 0.238 e. The molecule has 1 heterocycles. The van der Waals surface area contributed by atoms with Crippen molar-refractivity contribution in [3.8, 4) is 11.6 Å². The predicted octanol–water partition coefficient (Wildman–Crippen LogP) is 3.49. The minimum Gasteiger partial charge on any atom is -0.437 e. The lowest BCUT2D eigenvalue weighted by Crippen LogP contribution is -2.15. The molecular formula is C15H19N3OS.